The lowest BCUT2D eigenvalue weighted by Gasteiger charge is -2.19. The van der Waals surface area contributed by atoms with Crippen molar-refractivity contribution in [3.05, 3.63) is 15.6 Å². The Morgan fingerprint density at radius 2 is 2.05 bits per heavy atom. The molecule has 1 aliphatic carbocycles. The summed E-state index contributed by atoms with van der Waals surface area (Å²) in [6, 6.07) is 0.771. The quantitative estimate of drug-likeness (QED) is 0.895. The normalized spacial score (nSPS) is 24.1. The van der Waals surface area contributed by atoms with E-state index in [1.165, 1.54) is 45.7 Å². The van der Waals surface area contributed by atoms with Crippen molar-refractivity contribution in [3.8, 4) is 0 Å². The van der Waals surface area contributed by atoms with Crippen LogP contribution in [0.4, 0.5) is 0 Å². The minimum atomic E-state index is 0.155. The first-order valence-corrected chi connectivity index (χ1v) is 10.5. The summed E-state index contributed by atoms with van der Waals surface area (Å²) in [6.07, 6.45) is 2.71. The van der Waals surface area contributed by atoms with Crippen LogP contribution in [0.15, 0.2) is 0 Å². The molecule has 20 heavy (non-hydrogen) atoms. The maximum atomic E-state index is 5.05. The molecule has 0 aromatic carbocycles. The van der Waals surface area contributed by atoms with Gasteiger partial charge in [-0.3, -0.25) is 0 Å². The van der Waals surface area contributed by atoms with E-state index in [1.54, 1.807) is 0 Å². The summed E-state index contributed by atoms with van der Waals surface area (Å²) in [5.41, 5.74) is 1.48. The van der Waals surface area contributed by atoms with E-state index in [-0.39, 0.29) is 5.41 Å². The minimum absolute atomic E-state index is 0.155. The summed E-state index contributed by atoms with van der Waals surface area (Å²) in [7, 11) is 0. The second kappa shape index (κ2) is 6.19. The van der Waals surface area contributed by atoms with E-state index in [9.17, 15) is 0 Å². The standard InChI is InChI=1S/C15H24N2S3/c1-15(2,3)13-11(8-16-10-4-5-10)20-14(17-13)12-9-18-6-7-19-12/h10,12,16H,4-9H2,1-3H3. The van der Waals surface area contributed by atoms with Crippen molar-refractivity contribution in [3.63, 3.8) is 0 Å². The molecule has 1 N–H and O–H groups in total. The van der Waals surface area contributed by atoms with Crippen LogP contribution in [0.2, 0.25) is 0 Å². The number of thiazole rings is 1. The molecular weight excluding hydrogens is 304 g/mol. The fourth-order valence-corrected chi connectivity index (χ4v) is 6.58. The van der Waals surface area contributed by atoms with Crippen molar-refractivity contribution >= 4 is 34.9 Å². The van der Waals surface area contributed by atoms with Crippen LogP contribution in [-0.2, 0) is 12.0 Å². The molecule has 1 atom stereocenters. The first-order chi connectivity index (χ1) is 9.54. The number of nitrogens with one attached hydrogen (secondary N) is 1. The first-order valence-electron chi connectivity index (χ1n) is 7.47. The van der Waals surface area contributed by atoms with E-state index in [0.717, 1.165) is 12.6 Å². The Hall–Kier alpha value is 0.290. The number of hydrogen-bond donors (Lipinski definition) is 1. The van der Waals surface area contributed by atoms with Crippen molar-refractivity contribution in [2.75, 3.05) is 17.3 Å². The molecule has 2 heterocycles. The van der Waals surface area contributed by atoms with Gasteiger partial charge in [0.25, 0.3) is 0 Å². The number of rotatable bonds is 4. The van der Waals surface area contributed by atoms with E-state index in [2.05, 4.69) is 49.6 Å². The molecule has 1 aliphatic heterocycles. The number of nitrogens with zero attached hydrogens (tertiary/aromatic N) is 1. The lowest BCUT2D eigenvalue weighted by atomic mass is 9.91. The summed E-state index contributed by atoms with van der Waals surface area (Å²) in [5, 5.41) is 5.64. The zero-order chi connectivity index (χ0) is 14.2. The lowest BCUT2D eigenvalue weighted by Crippen LogP contribution is -2.20. The highest BCUT2D eigenvalue weighted by molar-refractivity contribution is 8.06. The fourth-order valence-electron chi connectivity index (χ4n) is 2.37. The van der Waals surface area contributed by atoms with Gasteiger partial charge < -0.3 is 5.32 Å². The Morgan fingerprint density at radius 3 is 2.65 bits per heavy atom. The van der Waals surface area contributed by atoms with Crippen LogP contribution in [0.3, 0.4) is 0 Å². The summed E-state index contributed by atoms with van der Waals surface area (Å²) < 4.78 is 0. The average molecular weight is 329 g/mol. The second-order valence-electron chi connectivity index (χ2n) is 6.66. The molecule has 2 aliphatic rings. The zero-order valence-corrected chi connectivity index (χ0v) is 15.0. The molecule has 1 saturated heterocycles. The van der Waals surface area contributed by atoms with Gasteiger partial charge in [0.05, 0.1) is 10.9 Å². The predicted molar refractivity (Wildman–Crippen MR) is 93.2 cm³/mol. The Morgan fingerprint density at radius 1 is 1.25 bits per heavy atom. The summed E-state index contributed by atoms with van der Waals surface area (Å²) in [5.74, 6) is 3.81. The van der Waals surface area contributed by atoms with Gasteiger partial charge in [0.15, 0.2) is 0 Å². The highest BCUT2D eigenvalue weighted by Crippen LogP contribution is 2.41. The van der Waals surface area contributed by atoms with E-state index in [4.69, 9.17) is 4.98 Å². The molecule has 1 aromatic rings. The van der Waals surface area contributed by atoms with Crippen molar-refractivity contribution in [1.29, 1.82) is 0 Å². The van der Waals surface area contributed by atoms with E-state index in [0.29, 0.717) is 5.25 Å². The first kappa shape index (κ1) is 15.2. The van der Waals surface area contributed by atoms with Gasteiger partial charge in [-0.1, -0.05) is 20.8 Å². The van der Waals surface area contributed by atoms with Crippen LogP contribution in [0.25, 0.3) is 0 Å². The number of aromatic nitrogens is 1. The molecule has 1 saturated carbocycles. The second-order valence-corrected chi connectivity index (χ2v) is 10.2. The van der Waals surface area contributed by atoms with Gasteiger partial charge in [-0.05, 0) is 12.8 Å². The molecule has 5 heteroatoms. The largest absolute Gasteiger partial charge is 0.309 e. The van der Waals surface area contributed by atoms with Gasteiger partial charge in [0.2, 0.25) is 0 Å². The third-order valence-corrected chi connectivity index (χ3v) is 7.73. The molecule has 2 fully saturated rings. The highest BCUT2D eigenvalue weighted by atomic mass is 32.2. The Kier molecular flexibility index (Phi) is 4.70. The van der Waals surface area contributed by atoms with E-state index >= 15 is 0 Å². The molecule has 0 radical (unpaired) electrons. The van der Waals surface area contributed by atoms with Crippen LogP contribution in [0.5, 0.6) is 0 Å². The molecule has 2 nitrogen and oxygen atoms in total. The van der Waals surface area contributed by atoms with Crippen LogP contribution < -0.4 is 5.32 Å². The summed E-state index contributed by atoms with van der Waals surface area (Å²) in [6.45, 7) is 7.87. The highest BCUT2D eigenvalue weighted by Gasteiger charge is 2.28. The van der Waals surface area contributed by atoms with Crippen molar-refractivity contribution < 1.29 is 0 Å². The maximum absolute atomic E-state index is 5.05. The fraction of sp³-hybridized carbons (Fsp3) is 0.800. The minimum Gasteiger partial charge on any atom is -0.309 e. The van der Waals surface area contributed by atoms with Gasteiger partial charge in [-0.15, -0.1) is 23.1 Å². The predicted octanol–water partition coefficient (Wildman–Crippen LogP) is 4.21. The van der Waals surface area contributed by atoms with E-state index < -0.39 is 0 Å². The van der Waals surface area contributed by atoms with Crippen LogP contribution in [-0.4, -0.2) is 28.3 Å². The van der Waals surface area contributed by atoms with Gasteiger partial charge >= 0.3 is 0 Å². The van der Waals surface area contributed by atoms with Crippen LogP contribution in [0.1, 0.15) is 54.4 Å². The molecule has 0 amide bonds. The Labute approximate surface area is 134 Å². The average Bonchev–Trinajstić information content (AvgIpc) is 3.14. The Bertz CT molecular complexity index is 454. The molecule has 0 spiro atoms. The third kappa shape index (κ3) is 3.73. The SMILES string of the molecule is CC(C)(C)c1nc(C2CSCCS2)sc1CNC1CC1. The third-order valence-electron chi connectivity index (χ3n) is 3.64. The van der Waals surface area contributed by atoms with Crippen LogP contribution in [0, 0.1) is 0 Å². The maximum Gasteiger partial charge on any atom is 0.107 e. The molecular formula is C15H24N2S3. The molecule has 1 unspecified atom stereocenters. The van der Waals surface area contributed by atoms with Gasteiger partial charge in [-0.2, -0.15) is 11.8 Å². The molecule has 0 bridgehead atoms. The Balaban J connectivity index is 1.79. The molecule has 1 aromatic heterocycles. The van der Waals surface area contributed by atoms with Crippen molar-refractivity contribution in [1.82, 2.24) is 10.3 Å². The smallest absolute Gasteiger partial charge is 0.107 e. The van der Waals surface area contributed by atoms with Gasteiger partial charge in [0, 0.05) is 40.1 Å². The topological polar surface area (TPSA) is 24.9 Å². The van der Waals surface area contributed by atoms with Crippen molar-refractivity contribution in [2.24, 2.45) is 0 Å². The number of hydrogen-bond acceptors (Lipinski definition) is 5. The molecule has 3 rings (SSSR count). The molecule has 112 valence electrons. The van der Waals surface area contributed by atoms with Crippen LogP contribution >= 0.6 is 34.9 Å². The van der Waals surface area contributed by atoms with E-state index in [1.807, 2.05) is 11.3 Å². The summed E-state index contributed by atoms with van der Waals surface area (Å²) >= 11 is 6.13. The van der Waals surface area contributed by atoms with Crippen molar-refractivity contribution in [2.45, 2.75) is 56.9 Å². The van der Waals surface area contributed by atoms with Gasteiger partial charge in [-0.25, -0.2) is 4.98 Å². The summed E-state index contributed by atoms with van der Waals surface area (Å²) in [4.78, 5) is 6.52. The lowest BCUT2D eigenvalue weighted by molar-refractivity contribution is 0.557. The number of thioether (sulfide) groups is 2. The van der Waals surface area contributed by atoms with Gasteiger partial charge in [0.1, 0.15) is 5.01 Å². The monoisotopic (exact) mass is 328 g/mol. The zero-order valence-electron chi connectivity index (χ0n) is 12.6.